The lowest BCUT2D eigenvalue weighted by Crippen LogP contribution is -2.48. The van der Waals surface area contributed by atoms with E-state index in [1.165, 1.54) is 13.0 Å². The smallest absolute Gasteiger partial charge is 0.0777 e. The van der Waals surface area contributed by atoms with Gasteiger partial charge >= 0.3 is 0 Å². The van der Waals surface area contributed by atoms with Gasteiger partial charge in [-0.15, -0.1) is 0 Å². The summed E-state index contributed by atoms with van der Waals surface area (Å²) in [6, 6.07) is 0. The van der Waals surface area contributed by atoms with E-state index in [1.807, 2.05) is 14.2 Å². The molecule has 4 nitrogen and oxygen atoms in total. The van der Waals surface area contributed by atoms with Gasteiger partial charge < -0.3 is 20.1 Å². The number of nitrogens with zero attached hydrogens (tertiary/aromatic N) is 1. The van der Waals surface area contributed by atoms with Gasteiger partial charge in [-0.1, -0.05) is 0 Å². The molecule has 0 aliphatic carbocycles. The molecule has 1 fully saturated rings. The van der Waals surface area contributed by atoms with Crippen LogP contribution in [0.1, 0.15) is 39.5 Å². The van der Waals surface area contributed by atoms with Crippen molar-refractivity contribution in [3.05, 3.63) is 0 Å². The van der Waals surface area contributed by atoms with Crippen molar-refractivity contribution in [1.82, 2.24) is 10.2 Å². The Kier molecular flexibility index (Phi) is 6.05. The van der Waals surface area contributed by atoms with E-state index in [4.69, 9.17) is 4.74 Å². The average molecular weight is 258 g/mol. The van der Waals surface area contributed by atoms with Crippen LogP contribution in [-0.4, -0.2) is 61.5 Å². The van der Waals surface area contributed by atoms with Gasteiger partial charge in [-0.05, 0) is 59.7 Å². The summed E-state index contributed by atoms with van der Waals surface area (Å²) in [5.74, 6) is 0. The molecule has 2 atom stereocenters. The average Bonchev–Trinajstić information content (AvgIpc) is 2.39. The van der Waals surface area contributed by atoms with Crippen LogP contribution in [0.4, 0.5) is 0 Å². The molecule has 108 valence electrons. The van der Waals surface area contributed by atoms with Crippen molar-refractivity contribution >= 4 is 0 Å². The summed E-state index contributed by atoms with van der Waals surface area (Å²) >= 11 is 0. The summed E-state index contributed by atoms with van der Waals surface area (Å²) in [6.07, 6.45) is 4.48. The molecule has 1 saturated heterocycles. The van der Waals surface area contributed by atoms with Crippen molar-refractivity contribution in [3.63, 3.8) is 0 Å². The Hall–Kier alpha value is -0.160. The molecule has 1 rings (SSSR count). The van der Waals surface area contributed by atoms with Crippen molar-refractivity contribution in [3.8, 4) is 0 Å². The lowest BCUT2D eigenvalue weighted by molar-refractivity contribution is -0.0512. The lowest BCUT2D eigenvalue weighted by Gasteiger charge is -2.40. The zero-order chi connectivity index (χ0) is 13.6. The van der Waals surface area contributed by atoms with E-state index in [-0.39, 0.29) is 17.7 Å². The molecule has 0 bridgehead atoms. The van der Waals surface area contributed by atoms with Gasteiger partial charge in [0.05, 0.1) is 12.2 Å². The van der Waals surface area contributed by atoms with Crippen LogP contribution in [0.5, 0.6) is 0 Å². The Labute approximate surface area is 112 Å². The van der Waals surface area contributed by atoms with Crippen molar-refractivity contribution in [1.29, 1.82) is 0 Å². The van der Waals surface area contributed by atoms with Gasteiger partial charge in [0.1, 0.15) is 0 Å². The maximum atomic E-state index is 9.35. The van der Waals surface area contributed by atoms with E-state index in [2.05, 4.69) is 24.1 Å². The molecule has 1 aliphatic heterocycles. The van der Waals surface area contributed by atoms with Crippen LogP contribution in [0.2, 0.25) is 0 Å². The van der Waals surface area contributed by atoms with Crippen LogP contribution in [0.15, 0.2) is 0 Å². The SMILES string of the molecule is CNC(C)(CO)CCCN1CCCC(C)(OC)C1. The highest BCUT2D eigenvalue weighted by Crippen LogP contribution is 2.24. The zero-order valence-electron chi connectivity index (χ0n) is 12.5. The molecule has 1 heterocycles. The summed E-state index contributed by atoms with van der Waals surface area (Å²) in [7, 11) is 3.73. The standard InChI is InChI=1S/C14H30N2O2/c1-13(12-17,15-3)7-5-9-16-10-6-8-14(2,11-16)18-4/h15,17H,5-12H2,1-4H3. The fourth-order valence-electron chi connectivity index (χ4n) is 2.64. The molecular weight excluding hydrogens is 228 g/mol. The molecule has 0 amide bonds. The Morgan fingerprint density at radius 3 is 2.78 bits per heavy atom. The third-order valence-electron chi connectivity index (χ3n) is 4.39. The first-order chi connectivity index (χ1) is 8.47. The largest absolute Gasteiger partial charge is 0.394 e. The first-order valence-corrected chi connectivity index (χ1v) is 7.04. The number of hydrogen-bond donors (Lipinski definition) is 2. The zero-order valence-corrected chi connectivity index (χ0v) is 12.5. The second kappa shape index (κ2) is 6.85. The number of likely N-dealkylation sites (N-methyl/N-ethyl adjacent to an activating group) is 1. The molecule has 0 aromatic carbocycles. The number of piperidine rings is 1. The van der Waals surface area contributed by atoms with Crippen LogP contribution in [0.25, 0.3) is 0 Å². The lowest BCUT2D eigenvalue weighted by atomic mass is 9.93. The third-order valence-corrected chi connectivity index (χ3v) is 4.39. The van der Waals surface area contributed by atoms with Crippen LogP contribution >= 0.6 is 0 Å². The highest BCUT2D eigenvalue weighted by atomic mass is 16.5. The van der Waals surface area contributed by atoms with Gasteiger partial charge in [0, 0.05) is 19.2 Å². The number of ether oxygens (including phenoxy) is 1. The van der Waals surface area contributed by atoms with Crippen LogP contribution < -0.4 is 5.32 Å². The minimum atomic E-state index is -0.139. The monoisotopic (exact) mass is 258 g/mol. The maximum Gasteiger partial charge on any atom is 0.0777 e. The van der Waals surface area contributed by atoms with Gasteiger partial charge in [0.2, 0.25) is 0 Å². The van der Waals surface area contributed by atoms with Gasteiger partial charge in [0.25, 0.3) is 0 Å². The number of aliphatic hydroxyl groups is 1. The van der Waals surface area contributed by atoms with Crippen molar-refractivity contribution in [2.45, 2.75) is 50.7 Å². The quantitative estimate of drug-likeness (QED) is 0.721. The number of rotatable bonds is 7. The maximum absolute atomic E-state index is 9.35. The van der Waals surface area contributed by atoms with Gasteiger partial charge in [0.15, 0.2) is 0 Å². The molecule has 18 heavy (non-hydrogen) atoms. The van der Waals surface area contributed by atoms with E-state index < -0.39 is 0 Å². The van der Waals surface area contributed by atoms with Crippen molar-refractivity contribution < 1.29 is 9.84 Å². The number of methoxy groups -OCH3 is 1. The fraction of sp³-hybridized carbons (Fsp3) is 1.00. The van der Waals surface area contributed by atoms with E-state index in [0.717, 1.165) is 32.4 Å². The molecule has 2 unspecified atom stereocenters. The van der Waals surface area contributed by atoms with E-state index in [1.54, 1.807) is 0 Å². The third kappa shape index (κ3) is 4.50. The second-order valence-corrected chi connectivity index (χ2v) is 6.11. The highest BCUT2D eigenvalue weighted by Gasteiger charge is 2.30. The van der Waals surface area contributed by atoms with Gasteiger partial charge in [-0.2, -0.15) is 0 Å². The summed E-state index contributed by atoms with van der Waals surface area (Å²) in [4.78, 5) is 2.49. The molecule has 0 saturated carbocycles. The molecular formula is C14H30N2O2. The normalized spacial score (nSPS) is 29.2. The number of nitrogens with one attached hydrogen (secondary N) is 1. The Balaban J connectivity index is 2.31. The topological polar surface area (TPSA) is 44.7 Å². The minimum absolute atomic E-state index is 0.0293. The number of aliphatic hydroxyl groups excluding tert-OH is 1. The Morgan fingerprint density at radius 1 is 1.50 bits per heavy atom. The fourth-order valence-corrected chi connectivity index (χ4v) is 2.64. The molecule has 1 aliphatic rings. The molecule has 4 heteroatoms. The molecule has 2 N–H and O–H groups in total. The van der Waals surface area contributed by atoms with Gasteiger partial charge in [-0.3, -0.25) is 0 Å². The van der Waals surface area contributed by atoms with E-state index in [9.17, 15) is 5.11 Å². The predicted molar refractivity (Wildman–Crippen MR) is 74.9 cm³/mol. The van der Waals surface area contributed by atoms with Crippen molar-refractivity contribution in [2.24, 2.45) is 0 Å². The summed E-state index contributed by atoms with van der Waals surface area (Å²) < 4.78 is 5.60. The molecule has 0 spiro atoms. The Morgan fingerprint density at radius 2 is 2.22 bits per heavy atom. The van der Waals surface area contributed by atoms with Crippen LogP contribution in [-0.2, 0) is 4.74 Å². The number of likely N-dealkylation sites (tertiary alicyclic amines) is 1. The van der Waals surface area contributed by atoms with Gasteiger partial charge in [-0.25, -0.2) is 0 Å². The van der Waals surface area contributed by atoms with Crippen molar-refractivity contribution in [2.75, 3.05) is 40.4 Å². The molecule has 0 aromatic heterocycles. The molecule has 0 aromatic rings. The summed E-state index contributed by atoms with van der Waals surface area (Å²) in [6.45, 7) is 7.76. The Bertz CT molecular complexity index is 244. The highest BCUT2D eigenvalue weighted by molar-refractivity contribution is 4.86. The first-order valence-electron chi connectivity index (χ1n) is 7.04. The second-order valence-electron chi connectivity index (χ2n) is 6.11. The predicted octanol–water partition coefficient (Wildman–Crippen LogP) is 1.24. The minimum Gasteiger partial charge on any atom is -0.394 e. The van der Waals surface area contributed by atoms with Crippen LogP contribution in [0, 0.1) is 0 Å². The summed E-state index contributed by atoms with van der Waals surface area (Å²) in [5.41, 5.74) is -0.109. The molecule has 0 radical (unpaired) electrons. The van der Waals surface area contributed by atoms with E-state index >= 15 is 0 Å². The van der Waals surface area contributed by atoms with Crippen LogP contribution in [0.3, 0.4) is 0 Å². The summed E-state index contributed by atoms with van der Waals surface area (Å²) in [5, 5.41) is 12.5. The first kappa shape index (κ1) is 15.9. The number of hydrogen-bond acceptors (Lipinski definition) is 4. The van der Waals surface area contributed by atoms with E-state index in [0.29, 0.717) is 0 Å².